The molecule has 2 rings (SSSR count). The van der Waals surface area contributed by atoms with Gasteiger partial charge in [-0.15, -0.1) is 11.3 Å². The quantitative estimate of drug-likeness (QED) is 0.823. The van der Waals surface area contributed by atoms with E-state index < -0.39 is 0 Å². The highest BCUT2D eigenvalue weighted by atomic mass is 32.1. The Kier molecular flexibility index (Phi) is 5.20. The maximum Gasteiger partial charge on any atom is 0.310 e. The lowest BCUT2D eigenvalue weighted by Gasteiger charge is -2.02. The van der Waals surface area contributed by atoms with Crippen LogP contribution in [-0.4, -0.2) is 23.0 Å². The van der Waals surface area contributed by atoms with Crippen molar-refractivity contribution < 1.29 is 9.53 Å². The molecular formula is C14H17N3O2S. The van der Waals surface area contributed by atoms with Crippen molar-refractivity contribution in [2.75, 3.05) is 7.11 Å². The molecule has 0 saturated heterocycles. The van der Waals surface area contributed by atoms with E-state index in [4.69, 9.17) is 0 Å². The average molecular weight is 291 g/mol. The number of nitrogens with one attached hydrogen (secondary N) is 1. The number of methoxy groups -OCH3 is 1. The van der Waals surface area contributed by atoms with Gasteiger partial charge in [-0.25, -0.2) is 0 Å². The van der Waals surface area contributed by atoms with E-state index in [-0.39, 0.29) is 5.97 Å². The summed E-state index contributed by atoms with van der Waals surface area (Å²) in [6, 6.07) is 3.99. The molecule has 106 valence electrons. The van der Waals surface area contributed by atoms with Crippen LogP contribution in [0, 0.1) is 6.92 Å². The van der Waals surface area contributed by atoms with Crippen LogP contribution in [0.5, 0.6) is 0 Å². The van der Waals surface area contributed by atoms with Crippen molar-refractivity contribution in [1.82, 2.24) is 15.3 Å². The molecule has 0 bridgehead atoms. The molecule has 0 spiro atoms. The monoisotopic (exact) mass is 291 g/mol. The van der Waals surface area contributed by atoms with Gasteiger partial charge < -0.3 is 10.1 Å². The predicted molar refractivity (Wildman–Crippen MR) is 77.4 cm³/mol. The molecule has 2 aromatic rings. The fourth-order valence-electron chi connectivity index (χ4n) is 1.65. The number of hydrogen-bond acceptors (Lipinski definition) is 6. The van der Waals surface area contributed by atoms with E-state index in [1.54, 1.807) is 23.7 Å². The summed E-state index contributed by atoms with van der Waals surface area (Å²) >= 11 is 1.61. The lowest BCUT2D eigenvalue weighted by molar-refractivity contribution is -0.139. The molecule has 1 N–H and O–H groups in total. The number of thiophene rings is 1. The van der Waals surface area contributed by atoms with Crippen LogP contribution in [0.4, 0.5) is 0 Å². The maximum absolute atomic E-state index is 11.2. The summed E-state index contributed by atoms with van der Waals surface area (Å²) in [7, 11) is 1.40. The zero-order valence-corrected chi connectivity index (χ0v) is 12.4. The van der Waals surface area contributed by atoms with Crippen LogP contribution in [0.15, 0.2) is 24.5 Å². The second kappa shape index (κ2) is 7.12. The van der Waals surface area contributed by atoms with Gasteiger partial charge in [-0.3, -0.25) is 14.8 Å². The van der Waals surface area contributed by atoms with E-state index in [0.717, 1.165) is 22.8 Å². The Morgan fingerprint density at radius 2 is 2.05 bits per heavy atom. The molecule has 20 heavy (non-hydrogen) atoms. The molecule has 6 heteroatoms. The van der Waals surface area contributed by atoms with Crippen LogP contribution in [0.2, 0.25) is 0 Å². The SMILES string of the molecule is COC(=O)Cc1ccc(CNCc2cnc(C)cn2)s1. The minimum Gasteiger partial charge on any atom is -0.469 e. The van der Waals surface area contributed by atoms with Gasteiger partial charge in [0, 0.05) is 35.2 Å². The van der Waals surface area contributed by atoms with E-state index >= 15 is 0 Å². The van der Waals surface area contributed by atoms with Gasteiger partial charge in [0.25, 0.3) is 0 Å². The highest BCUT2D eigenvalue weighted by Crippen LogP contribution is 2.17. The first-order valence-corrected chi connectivity index (χ1v) is 7.11. The van der Waals surface area contributed by atoms with E-state index in [2.05, 4.69) is 20.0 Å². The molecule has 0 unspecified atom stereocenters. The second-order valence-corrected chi connectivity index (χ2v) is 5.63. The molecule has 0 aliphatic heterocycles. The van der Waals surface area contributed by atoms with Gasteiger partial charge in [-0.1, -0.05) is 0 Å². The fourth-order valence-corrected chi connectivity index (χ4v) is 2.62. The number of aromatic nitrogens is 2. The lowest BCUT2D eigenvalue weighted by Crippen LogP contribution is -2.13. The van der Waals surface area contributed by atoms with Gasteiger partial charge >= 0.3 is 5.97 Å². The summed E-state index contributed by atoms with van der Waals surface area (Å²) in [5.74, 6) is -0.207. The number of hydrogen-bond donors (Lipinski definition) is 1. The minimum atomic E-state index is -0.207. The smallest absolute Gasteiger partial charge is 0.310 e. The van der Waals surface area contributed by atoms with E-state index in [1.165, 1.54) is 12.0 Å². The molecule has 0 aliphatic carbocycles. The first-order valence-electron chi connectivity index (χ1n) is 6.30. The van der Waals surface area contributed by atoms with Gasteiger partial charge in [-0.05, 0) is 19.1 Å². The molecular weight excluding hydrogens is 274 g/mol. The Labute approximate surface area is 122 Å². The largest absolute Gasteiger partial charge is 0.469 e. The molecule has 2 aromatic heterocycles. The molecule has 0 aromatic carbocycles. The summed E-state index contributed by atoms with van der Waals surface area (Å²) in [5, 5.41) is 3.31. The van der Waals surface area contributed by atoms with Crippen molar-refractivity contribution in [1.29, 1.82) is 0 Å². The van der Waals surface area contributed by atoms with E-state index in [0.29, 0.717) is 13.0 Å². The molecule has 0 amide bonds. The number of carbonyl (C=O) groups excluding carboxylic acids is 1. The van der Waals surface area contributed by atoms with Crippen molar-refractivity contribution >= 4 is 17.3 Å². The Hall–Kier alpha value is -1.79. The van der Waals surface area contributed by atoms with Crippen LogP contribution in [0.25, 0.3) is 0 Å². The van der Waals surface area contributed by atoms with Gasteiger partial charge in [0.2, 0.25) is 0 Å². The summed E-state index contributed by atoms with van der Waals surface area (Å²) in [4.78, 5) is 21.9. The third-order valence-electron chi connectivity index (χ3n) is 2.70. The number of ether oxygens (including phenoxy) is 1. The summed E-state index contributed by atoms with van der Waals surface area (Å²) < 4.78 is 4.65. The molecule has 0 fully saturated rings. The van der Waals surface area contributed by atoms with Crippen molar-refractivity contribution in [3.63, 3.8) is 0 Å². The number of esters is 1. The first-order chi connectivity index (χ1) is 9.67. The Morgan fingerprint density at radius 1 is 1.25 bits per heavy atom. The Bertz CT molecular complexity index is 566. The van der Waals surface area contributed by atoms with E-state index in [1.807, 2.05) is 19.1 Å². The minimum absolute atomic E-state index is 0.207. The summed E-state index contributed by atoms with van der Waals surface area (Å²) in [6.07, 6.45) is 3.88. The third-order valence-corrected chi connectivity index (χ3v) is 3.79. The van der Waals surface area contributed by atoms with Crippen LogP contribution >= 0.6 is 11.3 Å². The molecule has 0 atom stereocenters. The third kappa shape index (κ3) is 4.40. The van der Waals surface area contributed by atoms with Gasteiger partial charge in [-0.2, -0.15) is 0 Å². The fraction of sp³-hybridized carbons (Fsp3) is 0.357. The molecule has 2 heterocycles. The number of carbonyl (C=O) groups is 1. The van der Waals surface area contributed by atoms with Crippen molar-refractivity contribution in [3.8, 4) is 0 Å². The van der Waals surface area contributed by atoms with Crippen molar-refractivity contribution in [3.05, 3.63) is 45.7 Å². The van der Waals surface area contributed by atoms with Gasteiger partial charge in [0.15, 0.2) is 0 Å². The van der Waals surface area contributed by atoms with Crippen LogP contribution in [0.1, 0.15) is 21.1 Å². The van der Waals surface area contributed by atoms with Crippen LogP contribution < -0.4 is 5.32 Å². The summed E-state index contributed by atoms with van der Waals surface area (Å²) in [6.45, 7) is 3.34. The second-order valence-electron chi connectivity index (χ2n) is 4.37. The number of rotatable bonds is 6. The van der Waals surface area contributed by atoms with Crippen LogP contribution in [-0.2, 0) is 29.0 Å². The standard InChI is InChI=1S/C14H17N3O2S/c1-10-6-17-11(8-16-10)7-15-9-13-4-3-12(20-13)5-14(18)19-2/h3-4,6,8,15H,5,7,9H2,1-2H3. The molecule has 5 nitrogen and oxygen atoms in total. The number of nitrogens with zero attached hydrogens (tertiary/aromatic N) is 2. The maximum atomic E-state index is 11.2. The normalized spacial score (nSPS) is 10.5. The molecule has 0 saturated carbocycles. The van der Waals surface area contributed by atoms with Crippen molar-refractivity contribution in [2.45, 2.75) is 26.4 Å². The lowest BCUT2D eigenvalue weighted by atomic mass is 10.3. The highest BCUT2D eigenvalue weighted by Gasteiger charge is 2.06. The van der Waals surface area contributed by atoms with Gasteiger partial charge in [0.05, 0.1) is 24.9 Å². The first kappa shape index (κ1) is 14.6. The van der Waals surface area contributed by atoms with E-state index in [9.17, 15) is 4.79 Å². The molecule has 0 radical (unpaired) electrons. The molecule has 0 aliphatic rings. The van der Waals surface area contributed by atoms with Gasteiger partial charge in [0.1, 0.15) is 0 Å². The van der Waals surface area contributed by atoms with Crippen LogP contribution in [0.3, 0.4) is 0 Å². The highest BCUT2D eigenvalue weighted by molar-refractivity contribution is 7.12. The zero-order chi connectivity index (χ0) is 14.4. The zero-order valence-electron chi connectivity index (χ0n) is 11.5. The average Bonchev–Trinajstić information content (AvgIpc) is 2.88. The van der Waals surface area contributed by atoms with Crippen molar-refractivity contribution in [2.24, 2.45) is 0 Å². The Balaban J connectivity index is 1.79. The Morgan fingerprint density at radius 3 is 2.75 bits per heavy atom. The predicted octanol–water partition coefficient (Wildman–Crippen LogP) is 1.85. The topological polar surface area (TPSA) is 64.1 Å². The summed E-state index contributed by atoms with van der Waals surface area (Å²) in [5.41, 5.74) is 1.83. The number of aryl methyl sites for hydroxylation is 1.